The Bertz CT molecular complexity index is 643. The second-order valence-electron chi connectivity index (χ2n) is 5.51. The van der Waals surface area contributed by atoms with Gasteiger partial charge in [0, 0.05) is 25.3 Å². The molecule has 0 spiro atoms. The second kappa shape index (κ2) is 8.80. The van der Waals surface area contributed by atoms with E-state index in [1.54, 1.807) is 6.07 Å². The van der Waals surface area contributed by atoms with Crippen molar-refractivity contribution in [1.29, 1.82) is 0 Å². The lowest BCUT2D eigenvalue weighted by Crippen LogP contribution is -2.40. The Labute approximate surface area is 147 Å². The van der Waals surface area contributed by atoms with Gasteiger partial charge in [0.1, 0.15) is 4.90 Å². The maximum atomic E-state index is 12.5. The highest BCUT2D eigenvalue weighted by atomic mass is 32.2. The average molecular weight is 374 g/mol. The van der Waals surface area contributed by atoms with Crippen LogP contribution in [0.2, 0.25) is 0 Å². The molecule has 0 bridgehead atoms. The predicted molar refractivity (Wildman–Crippen MR) is 92.4 cm³/mol. The Balaban J connectivity index is 1.94. The molecule has 1 N–H and O–H groups in total. The van der Waals surface area contributed by atoms with E-state index < -0.39 is 10.0 Å². The molecule has 0 aromatic carbocycles. The van der Waals surface area contributed by atoms with Gasteiger partial charge in [0.15, 0.2) is 0 Å². The number of nitrogens with one attached hydrogen (secondary N) is 1. The molecule has 24 heavy (non-hydrogen) atoms. The molecule has 7 nitrogen and oxygen atoms in total. The minimum absolute atomic E-state index is 0.0545. The van der Waals surface area contributed by atoms with Crippen LogP contribution in [0.1, 0.15) is 20.3 Å². The van der Waals surface area contributed by atoms with Crippen LogP contribution in [0.5, 0.6) is 0 Å². The van der Waals surface area contributed by atoms with E-state index in [4.69, 9.17) is 4.74 Å². The summed E-state index contributed by atoms with van der Waals surface area (Å²) in [5.74, 6) is 0.202. The number of sulfonamides is 1. The molecular formula is C15H23N3O4S2. The number of ether oxygens (including phenoxy) is 1. The van der Waals surface area contributed by atoms with Crippen LogP contribution in [0.25, 0.3) is 0 Å². The van der Waals surface area contributed by atoms with E-state index in [0.29, 0.717) is 31.3 Å². The van der Waals surface area contributed by atoms with Crippen molar-refractivity contribution in [2.45, 2.75) is 36.2 Å². The first-order valence-corrected chi connectivity index (χ1v) is 10.3. The van der Waals surface area contributed by atoms with Gasteiger partial charge >= 0.3 is 0 Å². The van der Waals surface area contributed by atoms with Crippen LogP contribution in [0, 0.1) is 0 Å². The third-order valence-corrected chi connectivity index (χ3v) is 6.51. The van der Waals surface area contributed by atoms with Gasteiger partial charge in [-0.05, 0) is 25.5 Å². The molecule has 0 aliphatic carbocycles. The van der Waals surface area contributed by atoms with E-state index in [-0.39, 0.29) is 22.6 Å². The Hall–Kier alpha value is -1.16. The van der Waals surface area contributed by atoms with E-state index in [9.17, 15) is 13.2 Å². The van der Waals surface area contributed by atoms with Crippen LogP contribution in [0.4, 0.5) is 0 Å². The lowest BCUT2D eigenvalue weighted by atomic mass is 10.3. The lowest BCUT2D eigenvalue weighted by molar-refractivity contribution is -0.119. The summed E-state index contributed by atoms with van der Waals surface area (Å²) in [5, 5.41) is 3.50. The minimum Gasteiger partial charge on any atom is -0.379 e. The fourth-order valence-corrected chi connectivity index (χ4v) is 4.11. The van der Waals surface area contributed by atoms with Crippen LogP contribution in [-0.4, -0.2) is 61.7 Å². The molecule has 1 aliphatic rings. The number of nitrogens with zero attached hydrogens (tertiary/aromatic N) is 2. The topological polar surface area (TPSA) is 88.6 Å². The van der Waals surface area contributed by atoms with E-state index in [2.05, 4.69) is 10.3 Å². The summed E-state index contributed by atoms with van der Waals surface area (Å²) in [6, 6.07) is 3.31. The van der Waals surface area contributed by atoms with Gasteiger partial charge in [-0.25, -0.2) is 13.4 Å². The van der Waals surface area contributed by atoms with Crippen molar-refractivity contribution < 1.29 is 17.9 Å². The normalized spacial score (nSPS) is 17.4. The van der Waals surface area contributed by atoms with E-state index in [1.807, 2.05) is 13.8 Å². The van der Waals surface area contributed by atoms with Crippen LogP contribution in [0.15, 0.2) is 28.3 Å². The quantitative estimate of drug-likeness (QED) is 0.720. The van der Waals surface area contributed by atoms with Crippen molar-refractivity contribution in [1.82, 2.24) is 14.6 Å². The largest absolute Gasteiger partial charge is 0.379 e. The molecule has 9 heteroatoms. The maximum absolute atomic E-state index is 12.5. The molecule has 1 saturated heterocycles. The van der Waals surface area contributed by atoms with Crippen LogP contribution in [-0.2, 0) is 19.6 Å². The number of thioether (sulfide) groups is 1. The fourth-order valence-electron chi connectivity index (χ4n) is 2.10. The first kappa shape index (κ1) is 19.2. The van der Waals surface area contributed by atoms with Crippen LogP contribution in [0.3, 0.4) is 0 Å². The number of rotatable bonds is 7. The smallest absolute Gasteiger partial charge is 0.244 e. The van der Waals surface area contributed by atoms with Gasteiger partial charge in [-0.1, -0.05) is 18.7 Å². The number of aromatic nitrogens is 1. The Morgan fingerprint density at radius 3 is 2.71 bits per heavy atom. The van der Waals surface area contributed by atoms with Crippen molar-refractivity contribution in [3.63, 3.8) is 0 Å². The van der Waals surface area contributed by atoms with Gasteiger partial charge in [0.2, 0.25) is 15.9 Å². The van der Waals surface area contributed by atoms with Gasteiger partial charge in [-0.3, -0.25) is 4.79 Å². The van der Waals surface area contributed by atoms with Gasteiger partial charge < -0.3 is 10.1 Å². The van der Waals surface area contributed by atoms with E-state index in [1.165, 1.54) is 28.3 Å². The Morgan fingerprint density at radius 2 is 2.12 bits per heavy atom. The number of hydrogen-bond donors (Lipinski definition) is 1. The van der Waals surface area contributed by atoms with Crippen LogP contribution < -0.4 is 5.32 Å². The van der Waals surface area contributed by atoms with Crippen molar-refractivity contribution >= 4 is 27.7 Å². The minimum atomic E-state index is -3.53. The molecule has 1 atom stereocenters. The summed E-state index contributed by atoms with van der Waals surface area (Å²) < 4.78 is 31.5. The molecule has 2 rings (SSSR count). The molecule has 1 aromatic rings. The summed E-state index contributed by atoms with van der Waals surface area (Å²) in [6.07, 6.45) is 2.22. The number of carbonyl (C=O) groups excluding carboxylic acids is 1. The number of pyridine rings is 1. The van der Waals surface area contributed by atoms with Gasteiger partial charge in [-0.2, -0.15) is 4.31 Å². The molecule has 2 heterocycles. The highest BCUT2D eigenvalue weighted by molar-refractivity contribution is 7.99. The summed E-state index contributed by atoms with van der Waals surface area (Å²) in [6.45, 7) is 5.49. The van der Waals surface area contributed by atoms with Gasteiger partial charge in [0.25, 0.3) is 0 Å². The monoisotopic (exact) mass is 373 g/mol. The van der Waals surface area contributed by atoms with Crippen molar-refractivity contribution in [3.8, 4) is 0 Å². The first-order chi connectivity index (χ1) is 11.4. The summed E-state index contributed by atoms with van der Waals surface area (Å²) in [7, 11) is -3.53. The van der Waals surface area contributed by atoms with Gasteiger partial charge in [-0.15, -0.1) is 0 Å². The van der Waals surface area contributed by atoms with Crippen LogP contribution >= 0.6 is 11.8 Å². The highest BCUT2D eigenvalue weighted by Gasteiger charge is 2.26. The number of carbonyl (C=O) groups is 1. The molecular weight excluding hydrogens is 350 g/mol. The Kier molecular flexibility index (Phi) is 7.02. The number of hydrogen-bond acceptors (Lipinski definition) is 6. The zero-order valence-corrected chi connectivity index (χ0v) is 15.5. The van der Waals surface area contributed by atoms with Crippen molar-refractivity contribution in [3.05, 3.63) is 18.3 Å². The predicted octanol–water partition coefficient (Wildman–Crippen LogP) is 1.11. The molecule has 1 aliphatic heterocycles. The van der Waals surface area contributed by atoms with E-state index >= 15 is 0 Å². The SMILES string of the molecule is CC[C@@H](C)NC(=O)CSc1ccc(S(=O)(=O)N2CCOCC2)cn1. The summed E-state index contributed by atoms with van der Waals surface area (Å²) in [4.78, 5) is 16.1. The number of morpholine rings is 1. The van der Waals surface area contributed by atoms with E-state index in [0.717, 1.165) is 6.42 Å². The zero-order valence-electron chi connectivity index (χ0n) is 13.9. The maximum Gasteiger partial charge on any atom is 0.244 e. The average Bonchev–Trinajstić information content (AvgIpc) is 2.61. The Morgan fingerprint density at radius 1 is 1.42 bits per heavy atom. The molecule has 1 amide bonds. The fraction of sp³-hybridized carbons (Fsp3) is 0.600. The lowest BCUT2D eigenvalue weighted by Gasteiger charge is -2.25. The highest BCUT2D eigenvalue weighted by Crippen LogP contribution is 2.20. The number of amides is 1. The molecule has 0 radical (unpaired) electrons. The first-order valence-electron chi connectivity index (χ1n) is 7.89. The van der Waals surface area contributed by atoms with Crippen molar-refractivity contribution in [2.75, 3.05) is 32.1 Å². The molecule has 1 aromatic heterocycles. The third-order valence-electron chi connectivity index (χ3n) is 3.69. The van der Waals surface area contributed by atoms with Gasteiger partial charge in [0.05, 0.1) is 24.0 Å². The molecule has 0 unspecified atom stereocenters. The summed E-state index contributed by atoms with van der Waals surface area (Å²) >= 11 is 1.28. The standard InChI is InChI=1S/C15H23N3O4S2/c1-3-12(2)17-14(19)11-23-15-5-4-13(10-16-15)24(20,21)18-6-8-22-9-7-18/h4-5,10,12H,3,6-9,11H2,1-2H3,(H,17,19)/t12-/m1/s1. The van der Waals surface area contributed by atoms with Crippen molar-refractivity contribution in [2.24, 2.45) is 0 Å². The molecule has 0 saturated carbocycles. The molecule has 134 valence electrons. The molecule has 1 fully saturated rings. The zero-order chi connectivity index (χ0) is 17.6. The second-order valence-corrected chi connectivity index (χ2v) is 8.45. The summed E-state index contributed by atoms with van der Waals surface area (Å²) in [5.41, 5.74) is 0. The third kappa shape index (κ3) is 5.17.